The fourth-order valence-corrected chi connectivity index (χ4v) is 2.52. The molecule has 1 N–H and O–H groups in total. The lowest BCUT2D eigenvalue weighted by Crippen LogP contribution is -2.29. The number of carbonyl (C=O) groups is 1. The molecule has 0 saturated heterocycles. The molecule has 1 aliphatic carbocycles. The molecule has 1 unspecified atom stereocenters. The van der Waals surface area contributed by atoms with Crippen LogP contribution in [0.2, 0.25) is 0 Å². The first kappa shape index (κ1) is 13.1. The Morgan fingerprint density at radius 3 is 2.78 bits per heavy atom. The lowest BCUT2D eigenvalue weighted by Gasteiger charge is -2.20. The molecule has 0 fully saturated rings. The summed E-state index contributed by atoms with van der Waals surface area (Å²) in [6.45, 7) is 2.13. The van der Waals surface area contributed by atoms with Crippen molar-refractivity contribution in [1.29, 1.82) is 0 Å². The maximum atomic E-state index is 11.5. The minimum atomic E-state index is -0.0669. The van der Waals surface area contributed by atoms with Gasteiger partial charge in [-0.2, -0.15) is 0 Å². The molecule has 0 spiro atoms. The zero-order valence-electron chi connectivity index (χ0n) is 11.2. The summed E-state index contributed by atoms with van der Waals surface area (Å²) in [7, 11) is 1.53. The van der Waals surface area contributed by atoms with Crippen LogP contribution in [0.4, 0.5) is 0 Å². The van der Waals surface area contributed by atoms with Gasteiger partial charge in [0, 0.05) is 7.11 Å². The molecule has 0 aromatic heterocycles. The summed E-state index contributed by atoms with van der Waals surface area (Å²) in [4.78, 5) is 11.5. The molecular formula is C15H21NO2. The number of carbonyl (C=O) groups excluding carboxylic acids is 1. The van der Waals surface area contributed by atoms with E-state index in [9.17, 15) is 4.79 Å². The minimum Gasteiger partial charge on any atom is -0.375 e. The van der Waals surface area contributed by atoms with Crippen LogP contribution in [0.25, 0.3) is 0 Å². The topological polar surface area (TPSA) is 38.3 Å². The number of nitrogens with one attached hydrogen (secondary N) is 1. The molecule has 1 aliphatic rings. The molecule has 98 valence electrons. The van der Waals surface area contributed by atoms with Crippen molar-refractivity contribution in [1.82, 2.24) is 5.32 Å². The van der Waals surface area contributed by atoms with Crippen LogP contribution in [0.5, 0.6) is 0 Å². The van der Waals surface area contributed by atoms with Crippen molar-refractivity contribution in [3.05, 3.63) is 34.9 Å². The average Bonchev–Trinajstić information content (AvgIpc) is 2.38. The van der Waals surface area contributed by atoms with Gasteiger partial charge in [0.2, 0.25) is 5.91 Å². The summed E-state index contributed by atoms with van der Waals surface area (Å²) in [5, 5.41) is 2.94. The second kappa shape index (κ2) is 6.01. The molecule has 3 nitrogen and oxygen atoms in total. The molecule has 1 atom stereocenters. The third-order valence-electron chi connectivity index (χ3n) is 3.53. The number of hydrogen-bond acceptors (Lipinski definition) is 2. The summed E-state index contributed by atoms with van der Waals surface area (Å²) in [5.74, 6) is -0.0669. The third kappa shape index (κ3) is 3.10. The van der Waals surface area contributed by atoms with Crippen LogP contribution in [-0.2, 0) is 22.4 Å². The van der Waals surface area contributed by atoms with E-state index in [0.29, 0.717) is 0 Å². The summed E-state index contributed by atoms with van der Waals surface area (Å²) in [6, 6.07) is 6.62. The Balaban J connectivity index is 2.06. The number of amides is 1. The van der Waals surface area contributed by atoms with Crippen LogP contribution in [0, 0.1) is 0 Å². The third-order valence-corrected chi connectivity index (χ3v) is 3.53. The number of benzene rings is 1. The Hall–Kier alpha value is -1.35. The van der Waals surface area contributed by atoms with Gasteiger partial charge in [0.15, 0.2) is 0 Å². The summed E-state index contributed by atoms with van der Waals surface area (Å²) in [6.07, 6.45) is 4.94. The van der Waals surface area contributed by atoms with Gasteiger partial charge in [0.05, 0.1) is 6.04 Å². The van der Waals surface area contributed by atoms with Crippen LogP contribution in [0.1, 0.15) is 42.5 Å². The summed E-state index contributed by atoms with van der Waals surface area (Å²) >= 11 is 0. The molecule has 18 heavy (non-hydrogen) atoms. The van der Waals surface area contributed by atoms with Gasteiger partial charge in [-0.25, -0.2) is 0 Å². The molecule has 0 heterocycles. The van der Waals surface area contributed by atoms with Gasteiger partial charge in [0.1, 0.15) is 6.61 Å². The highest BCUT2D eigenvalue weighted by Gasteiger charge is 2.13. The van der Waals surface area contributed by atoms with Crippen molar-refractivity contribution >= 4 is 5.91 Å². The van der Waals surface area contributed by atoms with Crippen LogP contribution in [-0.4, -0.2) is 19.6 Å². The highest BCUT2D eigenvalue weighted by atomic mass is 16.5. The van der Waals surface area contributed by atoms with Gasteiger partial charge in [-0.3, -0.25) is 4.79 Å². The molecule has 0 radical (unpaired) electrons. The van der Waals surface area contributed by atoms with E-state index in [-0.39, 0.29) is 18.6 Å². The zero-order chi connectivity index (χ0) is 13.0. The van der Waals surface area contributed by atoms with E-state index in [2.05, 4.69) is 23.5 Å². The number of aryl methyl sites for hydroxylation is 2. The van der Waals surface area contributed by atoms with Crippen LogP contribution in [0.15, 0.2) is 18.2 Å². The maximum absolute atomic E-state index is 11.5. The quantitative estimate of drug-likeness (QED) is 0.887. The molecule has 2 rings (SSSR count). The van der Waals surface area contributed by atoms with Crippen molar-refractivity contribution in [3.8, 4) is 0 Å². The number of rotatable bonds is 4. The minimum absolute atomic E-state index is 0.0416. The number of methoxy groups -OCH3 is 1. The Kier molecular flexibility index (Phi) is 4.37. The van der Waals surface area contributed by atoms with E-state index in [1.165, 1.54) is 49.5 Å². The van der Waals surface area contributed by atoms with Crippen molar-refractivity contribution in [2.45, 2.75) is 38.6 Å². The smallest absolute Gasteiger partial charge is 0.246 e. The standard InChI is InChI=1S/C15H21NO2/c1-11(16-15(17)10-18-2)13-8-7-12-5-3-4-6-14(12)9-13/h7-9,11H,3-6,10H2,1-2H3,(H,16,17). The first-order chi connectivity index (χ1) is 8.70. The SMILES string of the molecule is COCC(=O)NC(C)c1ccc2c(c1)CCCC2. The van der Waals surface area contributed by atoms with E-state index in [1.54, 1.807) is 0 Å². The fourth-order valence-electron chi connectivity index (χ4n) is 2.52. The van der Waals surface area contributed by atoms with Crippen molar-refractivity contribution in [2.75, 3.05) is 13.7 Å². The molecular weight excluding hydrogens is 226 g/mol. The normalized spacial score (nSPS) is 15.9. The Morgan fingerprint density at radius 1 is 1.33 bits per heavy atom. The Bertz CT molecular complexity index is 429. The average molecular weight is 247 g/mol. The van der Waals surface area contributed by atoms with Crippen molar-refractivity contribution < 1.29 is 9.53 Å². The first-order valence-corrected chi connectivity index (χ1v) is 6.60. The number of hydrogen-bond donors (Lipinski definition) is 1. The maximum Gasteiger partial charge on any atom is 0.246 e. The number of ether oxygens (including phenoxy) is 1. The van der Waals surface area contributed by atoms with Gasteiger partial charge in [-0.1, -0.05) is 18.2 Å². The van der Waals surface area contributed by atoms with Crippen LogP contribution < -0.4 is 5.32 Å². The van der Waals surface area contributed by atoms with E-state index in [0.717, 1.165) is 0 Å². The van der Waals surface area contributed by atoms with E-state index in [4.69, 9.17) is 4.74 Å². The summed E-state index contributed by atoms with van der Waals surface area (Å²) in [5.41, 5.74) is 4.10. The lowest BCUT2D eigenvalue weighted by molar-refractivity contribution is -0.125. The second-order valence-corrected chi connectivity index (χ2v) is 4.96. The van der Waals surface area contributed by atoms with Crippen molar-refractivity contribution in [3.63, 3.8) is 0 Å². The lowest BCUT2D eigenvalue weighted by atomic mass is 9.89. The highest BCUT2D eigenvalue weighted by Crippen LogP contribution is 2.24. The Labute approximate surface area is 109 Å². The van der Waals surface area contributed by atoms with Gasteiger partial charge >= 0.3 is 0 Å². The fraction of sp³-hybridized carbons (Fsp3) is 0.533. The Morgan fingerprint density at radius 2 is 2.06 bits per heavy atom. The molecule has 3 heteroatoms. The van der Waals surface area contributed by atoms with Crippen LogP contribution in [0.3, 0.4) is 0 Å². The summed E-state index contributed by atoms with van der Waals surface area (Å²) < 4.78 is 4.82. The van der Waals surface area contributed by atoms with Gasteiger partial charge in [0.25, 0.3) is 0 Å². The molecule has 0 bridgehead atoms. The zero-order valence-corrected chi connectivity index (χ0v) is 11.2. The van der Waals surface area contributed by atoms with E-state index < -0.39 is 0 Å². The molecule has 1 amide bonds. The van der Waals surface area contributed by atoms with E-state index in [1.807, 2.05) is 6.92 Å². The molecule has 0 aliphatic heterocycles. The van der Waals surface area contributed by atoms with Crippen molar-refractivity contribution in [2.24, 2.45) is 0 Å². The van der Waals surface area contributed by atoms with Crippen LogP contribution >= 0.6 is 0 Å². The second-order valence-electron chi connectivity index (χ2n) is 4.96. The first-order valence-electron chi connectivity index (χ1n) is 6.60. The predicted octanol–water partition coefficient (Wildman–Crippen LogP) is 2.39. The van der Waals surface area contributed by atoms with E-state index >= 15 is 0 Å². The van der Waals surface area contributed by atoms with Gasteiger partial charge < -0.3 is 10.1 Å². The number of fused-ring (bicyclic) bond motifs is 1. The van der Waals surface area contributed by atoms with Gasteiger partial charge in [-0.15, -0.1) is 0 Å². The predicted molar refractivity (Wildman–Crippen MR) is 71.5 cm³/mol. The molecule has 1 aromatic carbocycles. The molecule has 0 saturated carbocycles. The molecule has 1 aromatic rings. The monoisotopic (exact) mass is 247 g/mol. The highest BCUT2D eigenvalue weighted by molar-refractivity contribution is 5.77. The van der Waals surface area contributed by atoms with Gasteiger partial charge in [-0.05, 0) is 49.3 Å². The largest absolute Gasteiger partial charge is 0.375 e.